The van der Waals surface area contributed by atoms with Gasteiger partial charge in [0.05, 0.1) is 11.5 Å². The monoisotopic (exact) mass is 547 g/mol. The second kappa shape index (κ2) is 9.49. The van der Waals surface area contributed by atoms with Crippen LogP contribution in [0.2, 0.25) is 0 Å². The minimum atomic E-state index is -0.556. The highest BCUT2D eigenvalue weighted by Gasteiger charge is 2.72. The van der Waals surface area contributed by atoms with E-state index in [1.807, 2.05) is 30.3 Å². The average Bonchev–Trinajstić information content (AvgIpc) is 3.30. The van der Waals surface area contributed by atoms with Gasteiger partial charge in [-0.2, -0.15) is 0 Å². The molecule has 5 saturated carbocycles. The van der Waals surface area contributed by atoms with Gasteiger partial charge in [-0.3, -0.25) is 4.79 Å². The molecule has 0 heterocycles. The molecule has 0 aliphatic heterocycles. The number of hydrogen-bond donors (Lipinski definition) is 1. The van der Waals surface area contributed by atoms with Crippen LogP contribution in [-0.2, 0) is 16.1 Å². The van der Waals surface area contributed by atoms with Gasteiger partial charge >= 0.3 is 5.97 Å². The second-order valence-corrected chi connectivity index (χ2v) is 15.6. The number of fused-ring (bicyclic) bond motifs is 7. The molecule has 40 heavy (non-hydrogen) atoms. The average molecular weight is 548 g/mol. The van der Waals surface area contributed by atoms with Gasteiger partial charge in [-0.15, -0.1) is 0 Å². The van der Waals surface area contributed by atoms with E-state index in [-0.39, 0.29) is 45.7 Å². The lowest BCUT2D eigenvalue weighted by Gasteiger charge is -2.72. The quantitative estimate of drug-likeness (QED) is 0.178. The number of rotatable bonds is 4. The number of esters is 1. The predicted octanol–water partition coefficient (Wildman–Crippen LogP) is 8.23. The zero-order valence-electron chi connectivity index (χ0n) is 25.2. The fourth-order valence-electron chi connectivity index (χ4n) is 12.0. The maximum atomic E-state index is 14.0. The van der Waals surface area contributed by atoms with Crippen molar-refractivity contribution in [2.24, 2.45) is 55.9 Å². The summed E-state index contributed by atoms with van der Waals surface area (Å²) in [6, 6.07) is 9.79. The molecule has 1 N–H and O–H groups in total. The number of carbonyl (C=O) groups excluding carboxylic acids is 1. The Morgan fingerprint density at radius 1 is 0.925 bits per heavy atom. The van der Waals surface area contributed by atoms with Gasteiger partial charge in [-0.25, -0.2) is 0 Å². The van der Waals surface area contributed by atoms with E-state index < -0.39 is 5.41 Å². The standard InChI is InChI=1S/C34H49N3O3/c1-30(2)25-14-17-33(5)26(31(25,3)16-15-27(30)38)12-11-23-28-24(36-37-35)13-18-34(28,20-19-32(23,33)4)29(39)40-21-22-9-7-6-8-10-22/h6-10,23-28,38H,11-21H2,1-5H3/t23-,24-,25+,26-,27+,28+,31+,32-,33-,34+/m1/s1. The van der Waals surface area contributed by atoms with Crippen LogP contribution in [0.4, 0.5) is 0 Å². The Bertz CT molecular complexity index is 1200. The molecule has 0 amide bonds. The van der Waals surface area contributed by atoms with E-state index in [2.05, 4.69) is 44.6 Å². The van der Waals surface area contributed by atoms with Gasteiger partial charge in [0.15, 0.2) is 0 Å². The first-order chi connectivity index (χ1) is 18.9. The minimum Gasteiger partial charge on any atom is -0.460 e. The van der Waals surface area contributed by atoms with Crippen molar-refractivity contribution >= 4 is 5.97 Å². The second-order valence-electron chi connectivity index (χ2n) is 15.6. The first-order valence-corrected chi connectivity index (χ1v) is 15.9. The molecule has 6 heteroatoms. The van der Waals surface area contributed by atoms with Gasteiger partial charge in [0.2, 0.25) is 0 Å². The third kappa shape index (κ3) is 3.70. The summed E-state index contributed by atoms with van der Waals surface area (Å²) in [5, 5.41) is 15.3. The minimum absolute atomic E-state index is 0.0401. The van der Waals surface area contributed by atoms with Crippen LogP contribution in [0.25, 0.3) is 10.4 Å². The summed E-state index contributed by atoms with van der Waals surface area (Å²) in [5.74, 6) is 1.43. The van der Waals surface area contributed by atoms with Crippen LogP contribution in [0.15, 0.2) is 35.4 Å². The highest BCUT2D eigenvalue weighted by atomic mass is 16.5. The summed E-state index contributed by atoms with van der Waals surface area (Å²) >= 11 is 0. The summed E-state index contributed by atoms with van der Waals surface area (Å²) < 4.78 is 6.07. The molecule has 5 aliphatic carbocycles. The Hall–Kier alpha value is -2.04. The van der Waals surface area contributed by atoms with Crippen molar-refractivity contribution in [2.45, 2.75) is 118 Å². The molecule has 6 nitrogen and oxygen atoms in total. The Kier molecular flexibility index (Phi) is 6.67. The van der Waals surface area contributed by atoms with E-state index in [1.54, 1.807) is 0 Å². The van der Waals surface area contributed by atoms with Crippen molar-refractivity contribution in [1.29, 1.82) is 0 Å². The van der Waals surface area contributed by atoms with Crippen molar-refractivity contribution in [1.82, 2.24) is 0 Å². The molecule has 1 aromatic carbocycles. The molecule has 0 spiro atoms. The van der Waals surface area contributed by atoms with Crippen molar-refractivity contribution in [3.63, 3.8) is 0 Å². The molecule has 1 aromatic rings. The largest absolute Gasteiger partial charge is 0.460 e. The lowest BCUT2D eigenvalue weighted by atomic mass is 9.32. The Morgan fingerprint density at radius 3 is 2.40 bits per heavy atom. The zero-order valence-corrected chi connectivity index (χ0v) is 25.2. The zero-order chi connectivity index (χ0) is 28.6. The maximum Gasteiger partial charge on any atom is 0.312 e. The van der Waals surface area contributed by atoms with Crippen LogP contribution < -0.4 is 0 Å². The number of nitrogens with zero attached hydrogens (tertiary/aromatic N) is 3. The van der Waals surface area contributed by atoms with Gasteiger partial charge in [0.1, 0.15) is 6.61 Å². The number of azide groups is 1. The fourth-order valence-corrected chi connectivity index (χ4v) is 12.0. The molecule has 0 aromatic heterocycles. The molecule has 5 aliphatic rings. The third-order valence-corrected chi connectivity index (χ3v) is 14.2. The summed E-state index contributed by atoms with van der Waals surface area (Å²) in [5.41, 5.74) is 10.4. The highest BCUT2D eigenvalue weighted by Crippen LogP contribution is 2.77. The molecule has 5 fully saturated rings. The molecular formula is C34H49N3O3. The van der Waals surface area contributed by atoms with Gasteiger partial charge < -0.3 is 9.84 Å². The number of carbonyl (C=O) groups is 1. The molecule has 0 saturated heterocycles. The van der Waals surface area contributed by atoms with E-state index in [9.17, 15) is 15.4 Å². The summed E-state index contributed by atoms with van der Waals surface area (Å²) in [6.07, 6.45) is 9.72. The Balaban J connectivity index is 1.34. The van der Waals surface area contributed by atoms with Gasteiger partial charge in [0.25, 0.3) is 0 Å². The summed E-state index contributed by atoms with van der Waals surface area (Å²) in [4.78, 5) is 17.3. The van der Waals surface area contributed by atoms with Crippen LogP contribution in [0.3, 0.4) is 0 Å². The SMILES string of the molecule is CC1(C)[C@@H](O)CC[C@]2(C)[C@H]3CC[C@@H]4[C@H]5[C@H](N=[N+]=[N-])CC[C@]5(C(=O)OCc5ccccc5)CC[C@@]4(C)[C@]3(C)CC[C@@H]12. The van der Waals surface area contributed by atoms with Gasteiger partial charge in [0, 0.05) is 11.0 Å². The number of aliphatic hydroxyl groups excluding tert-OH is 1. The molecule has 0 radical (unpaired) electrons. The van der Waals surface area contributed by atoms with Crippen molar-refractivity contribution in [3.8, 4) is 0 Å². The number of ether oxygens (including phenoxy) is 1. The lowest BCUT2D eigenvalue weighted by Crippen LogP contribution is -2.67. The third-order valence-electron chi connectivity index (χ3n) is 14.2. The molecule has 10 atom stereocenters. The van der Waals surface area contributed by atoms with Gasteiger partial charge in [-0.05, 0) is 121 Å². The summed E-state index contributed by atoms with van der Waals surface area (Å²) in [7, 11) is 0. The topological polar surface area (TPSA) is 95.3 Å². The van der Waals surface area contributed by atoms with Crippen LogP contribution in [-0.4, -0.2) is 23.2 Å². The van der Waals surface area contributed by atoms with Crippen molar-refractivity contribution in [2.75, 3.05) is 0 Å². The first-order valence-electron chi connectivity index (χ1n) is 15.9. The molecule has 0 bridgehead atoms. The van der Waals surface area contributed by atoms with Crippen molar-refractivity contribution in [3.05, 3.63) is 46.3 Å². The molecular weight excluding hydrogens is 498 g/mol. The normalized spacial score (nSPS) is 47.0. The summed E-state index contributed by atoms with van der Waals surface area (Å²) in [6.45, 7) is 12.5. The van der Waals surface area contributed by atoms with Gasteiger partial charge in [-0.1, -0.05) is 70.1 Å². The molecule has 6 rings (SSSR count). The smallest absolute Gasteiger partial charge is 0.312 e. The Labute approximate surface area is 240 Å². The van der Waals surface area contributed by atoms with Crippen molar-refractivity contribution < 1.29 is 14.6 Å². The number of hydrogen-bond acceptors (Lipinski definition) is 4. The lowest BCUT2D eigenvalue weighted by molar-refractivity contribution is -0.247. The van der Waals surface area contributed by atoms with E-state index in [0.29, 0.717) is 24.4 Å². The molecule has 0 unspecified atom stereocenters. The Morgan fingerprint density at radius 2 is 1.68 bits per heavy atom. The first kappa shape index (κ1) is 28.1. The number of aliphatic hydroxyl groups is 1. The fraction of sp³-hybridized carbons (Fsp3) is 0.794. The highest BCUT2D eigenvalue weighted by molar-refractivity contribution is 5.78. The van der Waals surface area contributed by atoms with E-state index in [4.69, 9.17) is 4.74 Å². The van der Waals surface area contributed by atoms with E-state index in [1.165, 1.54) is 6.42 Å². The maximum absolute atomic E-state index is 14.0. The number of benzene rings is 1. The predicted molar refractivity (Wildman–Crippen MR) is 156 cm³/mol. The van der Waals surface area contributed by atoms with E-state index >= 15 is 0 Å². The van der Waals surface area contributed by atoms with Crippen LogP contribution >= 0.6 is 0 Å². The van der Waals surface area contributed by atoms with Crippen LogP contribution in [0, 0.1) is 50.7 Å². The van der Waals surface area contributed by atoms with E-state index in [0.717, 1.165) is 63.4 Å². The van der Waals surface area contributed by atoms with Crippen LogP contribution in [0.5, 0.6) is 0 Å². The molecule has 218 valence electrons. The van der Waals surface area contributed by atoms with Crippen LogP contribution in [0.1, 0.15) is 104 Å².